The number of nitrogens with zero attached hydrogens (tertiary/aromatic N) is 1. The lowest BCUT2D eigenvalue weighted by atomic mass is 9.85. The van der Waals surface area contributed by atoms with E-state index in [4.69, 9.17) is 9.15 Å². The zero-order chi connectivity index (χ0) is 26.8. The smallest absolute Gasteiger partial charge is 0.223 e. The molecule has 3 aromatic carbocycles. The van der Waals surface area contributed by atoms with Crippen LogP contribution in [-0.4, -0.2) is 46.3 Å². The number of ether oxygens (including phenoxy) is 1. The van der Waals surface area contributed by atoms with Crippen molar-refractivity contribution in [1.29, 1.82) is 0 Å². The molecule has 2 heterocycles. The van der Waals surface area contributed by atoms with E-state index in [1.54, 1.807) is 29.2 Å². The van der Waals surface area contributed by atoms with Gasteiger partial charge >= 0.3 is 0 Å². The molecule has 8 heteroatoms. The number of carbonyl (C=O) groups is 1. The summed E-state index contributed by atoms with van der Waals surface area (Å²) >= 11 is 0. The SMILES string of the molecule is COc1cc([C@H](CC(=O)N2CCCCC2)c2c(O)cc(O)c3c(=O)cc(-c4ccccc4)oc23)ccc1O. The van der Waals surface area contributed by atoms with Crippen LogP contribution in [0, 0.1) is 0 Å². The number of rotatable bonds is 6. The lowest BCUT2D eigenvalue weighted by molar-refractivity contribution is -0.132. The molecule has 8 nitrogen and oxygen atoms in total. The normalized spacial score (nSPS) is 14.4. The highest BCUT2D eigenvalue weighted by Crippen LogP contribution is 2.44. The molecule has 3 N–H and O–H groups in total. The minimum absolute atomic E-state index is 0.00246. The highest BCUT2D eigenvalue weighted by molar-refractivity contribution is 5.91. The average molecular weight is 516 g/mol. The summed E-state index contributed by atoms with van der Waals surface area (Å²) in [7, 11) is 1.42. The van der Waals surface area contributed by atoms with Crippen LogP contribution in [0.15, 0.2) is 69.9 Å². The fourth-order valence-electron chi connectivity index (χ4n) is 5.15. The Hall–Kier alpha value is -4.46. The van der Waals surface area contributed by atoms with Gasteiger partial charge in [-0.25, -0.2) is 0 Å². The number of aromatic hydroxyl groups is 3. The van der Waals surface area contributed by atoms with Gasteiger partial charge in [0.25, 0.3) is 0 Å². The first-order valence-electron chi connectivity index (χ1n) is 12.6. The van der Waals surface area contributed by atoms with E-state index in [2.05, 4.69) is 0 Å². The minimum Gasteiger partial charge on any atom is -0.507 e. The second kappa shape index (κ2) is 10.5. The number of carbonyl (C=O) groups excluding carboxylic acids is 1. The van der Waals surface area contributed by atoms with Crippen LogP contribution >= 0.6 is 0 Å². The van der Waals surface area contributed by atoms with Crippen molar-refractivity contribution in [2.45, 2.75) is 31.6 Å². The fourth-order valence-corrected chi connectivity index (χ4v) is 5.15. The van der Waals surface area contributed by atoms with Gasteiger partial charge in [-0.05, 0) is 37.0 Å². The molecule has 1 fully saturated rings. The van der Waals surface area contributed by atoms with Gasteiger partial charge in [0.05, 0.1) is 7.11 Å². The van der Waals surface area contributed by atoms with Crippen molar-refractivity contribution < 1.29 is 29.3 Å². The molecule has 196 valence electrons. The molecule has 1 aliphatic rings. The number of hydrogen-bond acceptors (Lipinski definition) is 7. The van der Waals surface area contributed by atoms with Crippen LogP contribution in [0.5, 0.6) is 23.0 Å². The maximum absolute atomic E-state index is 13.5. The molecular weight excluding hydrogens is 486 g/mol. The Morgan fingerprint density at radius 3 is 2.39 bits per heavy atom. The maximum atomic E-state index is 13.5. The Kier molecular flexibility index (Phi) is 6.96. The van der Waals surface area contributed by atoms with Crippen LogP contribution in [0.25, 0.3) is 22.3 Å². The van der Waals surface area contributed by atoms with Gasteiger partial charge in [-0.3, -0.25) is 9.59 Å². The Balaban J connectivity index is 1.74. The summed E-state index contributed by atoms with van der Waals surface area (Å²) in [6.07, 6.45) is 2.89. The molecule has 0 spiro atoms. The van der Waals surface area contributed by atoms with Crippen molar-refractivity contribution in [1.82, 2.24) is 4.90 Å². The largest absolute Gasteiger partial charge is 0.507 e. The first-order valence-corrected chi connectivity index (χ1v) is 12.6. The number of benzene rings is 3. The first-order chi connectivity index (χ1) is 18.4. The Labute approximate surface area is 219 Å². The summed E-state index contributed by atoms with van der Waals surface area (Å²) in [5, 5.41) is 31.9. The van der Waals surface area contributed by atoms with Gasteiger partial charge in [-0.1, -0.05) is 36.4 Å². The van der Waals surface area contributed by atoms with Crippen molar-refractivity contribution >= 4 is 16.9 Å². The van der Waals surface area contributed by atoms with E-state index in [1.807, 2.05) is 18.2 Å². The fraction of sp³-hybridized carbons (Fsp3) is 0.267. The van der Waals surface area contributed by atoms with Gasteiger partial charge in [0.1, 0.15) is 28.2 Å². The zero-order valence-electron chi connectivity index (χ0n) is 21.0. The molecule has 4 aromatic rings. The topological polar surface area (TPSA) is 120 Å². The van der Waals surface area contributed by atoms with E-state index in [0.717, 1.165) is 25.3 Å². The third-order valence-corrected chi connectivity index (χ3v) is 7.10. The third kappa shape index (κ3) is 4.77. The van der Waals surface area contributed by atoms with E-state index >= 15 is 0 Å². The molecule has 5 rings (SSSR count). The zero-order valence-corrected chi connectivity index (χ0v) is 21.0. The quantitative estimate of drug-likeness (QED) is 0.326. The molecule has 0 unspecified atom stereocenters. The standard InChI is InChI=1S/C30H29NO7/c1-37-26-14-19(10-11-21(26)32)20(15-27(36)31-12-6-3-7-13-31)28-22(33)16-23(34)29-24(35)17-25(38-30(28)29)18-8-4-2-5-9-18/h2,4-5,8-11,14,16-17,20,32-34H,3,6-7,12-13,15H2,1H3/t20-/m0/s1. The number of amides is 1. The van der Waals surface area contributed by atoms with Crippen LogP contribution in [0.1, 0.15) is 42.7 Å². The summed E-state index contributed by atoms with van der Waals surface area (Å²) in [5.74, 6) is -1.22. The molecule has 1 atom stereocenters. The van der Waals surface area contributed by atoms with Crippen LogP contribution in [0.3, 0.4) is 0 Å². The lowest BCUT2D eigenvalue weighted by Crippen LogP contribution is -2.36. The van der Waals surface area contributed by atoms with Gasteiger partial charge in [0.15, 0.2) is 16.9 Å². The van der Waals surface area contributed by atoms with Gasteiger partial charge in [0.2, 0.25) is 5.91 Å². The molecule has 1 saturated heterocycles. The van der Waals surface area contributed by atoms with Gasteiger partial charge < -0.3 is 29.4 Å². The maximum Gasteiger partial charge on any atom is 0.223 e. The van der Waals surface area contributed by atoms with Crippen LogP contribution in [-0.2, 0) is 4.79 Å². The van der Waals surface area contributed by atoms with E-state index in [1.165, 1.54) is 19.2 Å². The summed E-state index contributed by atoms with van der Waals surface area (Å²) < 4.78 is 11.5. The number of fused-ring (bicyclic) bond motifs is 1. The monoisotopic (exact) mass is 515 g/mol. The summed E-state index contributed by atoms with van der Waals surface area (Å²) in [5.41, 5.74) is 0.934. The van der Waals surface area contributed by atoms with E-state index < -0.39 is 17.1 Å². The number of piperidine rings is 1. The highest BCUT2D eigenvalue weighted by Gasteiger charge is 2.30. The highest BCUT2D eigenvalue weighted by atomic mass is 16.5. The lowest BCUT2D eigenvalue weighted by Gasteiger charge is -2.29. The molecule has 0 aliphatic carbocycles. The van der Waals surface area contributed by atoms with Crippen molar-refractivity contribution in [3.8, 4) is 34.3 Å². The van der Waals surface area contributed by atoms with Gasteiger partial charge in [-0.15, -0.1) is 0 Å². The van der Waals surface area contributed by atoms with Crippen molar-refractivity contribution in [2.75, 3.05) is 20.2 Å². The molecule has 1 amide bonds. The number of hydrogen-bond donors (Lipinski definition) is 3. The third-order valence-electron chi connectivity index (χ3n) is 7.10. The Morgan fingerprint density at radius 2 is 1.68 bits per heavy atom. The van der Waals surface area contributed by atoms with Gasteiger partial charge in [0, 0.05) is 48.7 Å². The molecule has 0 radical (unpaired) electrons. The van der Waals surface area contributed by atoms with Crippen LogP contribution in [0.2, 0.25) is 0 Å². The van der Waals surface area contributed by atoms with Crippen LogP contribution < -0.4 is 10.2 Å². The van der Waals surface area contributed by atoms with Crippen molar-refractivity contribution in [3.63, 3.8) is 0 Å². The van der Waals surface area contributed by atoms with E-state index in [-0.39, 0.29) is 51.9 Å². The van der Waals surface area contributed by atoms with Crippen molar-refractivity contribution in [3.05, 3.63) is 82.0 Å². The molecule has 1 aromatic heterocycles. The predicted molar refractivity (Wildman–Crippen MR) is 143 cm³/mol. The molecule has 1 aliphatic heterocycles. The van der Waals surface area contributed by atoms with Crippen LogP contribution in [0.4, 0.5) is 0 Å². The number of likely N-dealkylation sites (tertiary alicyclic amines) is 1. The predicted octanol–water partition coefficient (Wildman–Crippen LogP) is 5.12. The molecule has 0 saturated carbocycles. The number of methoxy groups -OCH3 is 1. The second-order valence-electron chi connectivity index (χ2n) is 9.50. The Bertz CT molecular complexity index is 1540. The number of phenols is 3. The second-order valence-corrected chi connectivity index (χ2v) is 9.50. The summed E-state index contributed by atoms with van der Waals surface area (Å²) in [4.78, 5) is 28.5. The summed E-state index contributed by atoms with van der Waals surface area (Å²) in [6, 6.07) is 16.1. The van der Waals surface area contributed by atoms with E-state index in [0.29, 0.717) is 24.2 Å². The molecule has 38 heavy (non-hydrogen) atoms. The average Bonchev–Trinajstić information content (AvgIpc) is 2.93. The Morgan fingerprint density at radius 1 is 0.947 bits per heavy atom. The van der Waals surface area contributed by atoms with Gasteiger partial charge in [-0.2, -0.15) is 0 Å². The molecule has 0 bridgehead atoms. The number of phenolic OH excluding ortho intramolecular Hbond substituents is 3. The van der Waals surface area contributed by atoms with E-state index in [9.17, 15) is 24.9 Å². The first kappa shape index (κ1) is 25.2. The summed E-state index contributed by atoms with van der Waals surface area (Å²) in [6.45, 7) is 1.31. The minimum atomic E-state index is -0.767. The molecular formula is C30H29NO7. The van der Waals surface area contributed by atoms with Crippen molar-refractivity contribution in [2.24, 2.45) is 0 Å².